The Bertz CT molecular complexity index is 775. The third-order valence-corrected chi connectivity index (χ3v) is 5.50. The number of fused-ring (bicyclic) bond motifs is 1. The first-order valence-corrected chi connectivity index (χ1v) is 9.74. The van der Waals surface area contributed by atoms with Crippen molar-refractivity contribution >= 4 is 11.6 Å². The van der Waals surface area contributed by atoms with Gasteiger partial charge in [0.25, 0.3) is 0 Å². The highest BCUT2D eigenvalue weighted by atomic mass is 35.5. The highest BCUT2D eigenvalue weighted by Crippen LogP contribution is 2.38. The van der Waals surface area contributed by atoms with Crippen molar-refractivity contribution in [3.63, 3.8) is 0 Å². The highest BCUT2D eigenvalue weighted by molar-refractivity contribution is 6.30. The molecule has 2 aromatic carbocycles. The van der Waals surface area contributed by atoms with E-state index in [9.17, 15) is 5.11 Å². The van der Waals surface area contributed by atoms with E-state index in [1.807, 2.05) is 24.3 Å². The van der Waals surface area contributed by atoms with Crippen LogP contribution in [0.5, 0.6) is 11.5 Å². The predicted octanol–water partition coefficient (Wildman–Crippen LogP) is 3.91. The molecular weight excluding hydrogens is 348 g/mol. The number of benzene rings is 2. The number of phenolic OH excluding ortho intramolecular Hbond substituents is 1. The van der Waals surface area contributed by atoms with E-state index in [4.69, 9.17) is 16.3 Å². The summed E-state index contributed by atoms with van der Waals surface area (Å²) in [6.45, 7) is 5.59. The molecule has 1 saturated heterocycles. The maximum absolute atomic E-state index is 10.5. The Morgan fingerprint density at radius 3 is 2.96 bits per heavy atom. The van der Waals surface area contributed by atoms with Crippen molar-refractivity contribution in [2.45, 2.75) is 19.4 Å². The normalized spacial score (nSPS) is 20.9. The third kappa shape index (κ3) is 3.98. The number of hydrogen-bond acceptors (Lipinski definition) is 4. The Morgan fingerprint density at radius 1 is 1.23 bits per heavy atom. The Hall–Kier alpha value is -1.75. The van der Waals surface area contributed by atoms with E-state index in [0.717, 1.165) is 49.4 Å². The number of ether oxygens (including phenoxy) is 1. The van der Waals surface area contributed by atoms with Gasteiger partial charge in [-0.15, -0.1) is 0 Å². The summed E-state index contributed by atoms with van der Waals surface area (Å²) in [5, 5.41) is 14.7. The largest absolute Gasteiger partial charge is 0.504 e. The Balaban J connectivity index is 1.59. The fraction of sp³-hybridized carbons (Fsp3) is 0.429. The van der Waals surface area contributed by atoms with Gasteiger partial charge in [-0.25, -0.2) is 0 Å². The Morgan fingerprint density at radius 2 is 2.15 bits per heavy atom. The highest BCUT2D eigenvalue weighted by Gasteiger charge is 2.23. The number of piperidine rings is 1. The second-order valence-electron chi connectivity index (χ2n) is 7.29. The monoisotopic (exact) mass is 372 g/mol. The summed E-state index contributed by atoms with van der Waals surface area (Å²) in [6, 6.07) is 11.6. The summed E-state index contributed by atoms with van der Waals surface area (Å²) in [6.07, 6.45) is 2.54. The van der Waals surface area contributed by atoms with E-state index in [1.54, 1.807) is 6.07 Å². The predicted molar refractivity (Wildman–Crippen MR) is 105 cm³/mol. The minimum absolute atomic E-state index is 0.207. The van der Waals surface area contributed by atoms with Crippen LogP contribution in [0.2, 0.25) is 5.02 Å². The molecule has 4 nitrogen and oxygen atoms in total. The minimum Gasteiger partial charge on any atom is -0.504 e. The molecule has 0 spiro atoms. The Labute approximate surface area is 159 Å². The smallest absolute Gasteiger partial charge is 0.165 e. The van der Waals surface area contributed by atoms with E-state index < -0.39 is 0 Å². The van der Waals surface area contributed by atoms with Gasteiger partial charge in [-0.05, 0) is 67.2 Å². The van der Waals surface area contributed by atoms with Crippen molar-refractivity contribution in [2.75, 3.05) is 32.8 Å². The molecule has 2 aromatic rings. The molecule has 1 fully saturated rings. The quantitative estimate of drug-likeness (QED) is 0.857. The number of hydrogen-bond donors (Lipinski definition) is 2. The molecule has 0 radical (unpaired) electrons. The molecule has 5 heteroatoms. The van der Waals surface area contributed by atoms with Crippen LogP contribution in [0.1, 0.15) is 18.4 Å². The van der Waals surface area contributed by atoms with Crippen LogP contribution in [0.25, 0.3) is 11.1 Å². The molecule has 1 unspecified atom stereocenters. The van der Waals surface area contributed by atoms with E-state index in [-0.39, 0.29) is 5.75 Å². The van der Waals surface area contributed by atoms with Gasteiger partial charge in [-0.1, -0.05) is 23.7 Å². The van der Waals surface area contributed by atoms with Crippen LogP contribution in [0, 0.1) is 5.92 Å². The number of nitrogens with one attached hydrogen (secondary N) is 1. The molecule has 138 valence electrons. The van der Waals surface area contributed by atoms with Gasteiger partial charge < -0.3 is 15.2 Å². The first-order chi connectivity index (χ1) is 12.7. The first kappa shape index (κ1) is 17.7. The zero-order valence-corrected chi connectivity index (χ0v) is 15.6. The number of aromatic hydroxyl groups is 1. The molecule has 26 heavy (non-hydrogen) atoms. The lowest BCUT2D eigenvalue weighted by atomic mass is 9.98. The molecular formula is C21H25ClN2O2. The van der Waals surface area contributed by atoms with Crippen molar-refractivity contribution in [1.82, 2.24) is 10.2 Å². The lowest BCUT2D eigenvalue weighted by molar-refractivity contribution is 0.182. The van der Waals surface area contributed by atoms with Crippen molar-refractivity contribution in [3.8, 4) is 22.6 Å². The summed E-state index contributed by atoms with van der Waals surface area (Å²) in [5.74, 6) is 1.52. The van der Waals surface area contributed by atoms with Crippen LogP contribution < -0.4 is 10.1 Å². The van der Waals surface area contributed by atoms with Crippen LogP contribution in [-0.4, -0.2) is 42.8 Å². The molecule has 1 atom stereocenters. The van der Waals surface area contributed by atoms with Gasteiger partial charge in [-0.3, -0.25) is 4.90 Å². The van der Waals surface area contributed by atoms with Gasteiger partial charge in [0, 0.05) is 30.2 Å². The Kier molecular flexibility index (Phi) is 5.34. The van der Waals surface area contributed by atoms with Crippen molar-refractivity contribution in [1.29, 1.82) is 0 Å². The molecule has 0 bridgehead atoms. The number of rotatable bonds is 3. The average Bonchev–Trinajstić information content (AvgIpc) is 2.85. The molecule has 2 N–H and O–H groups in total. The number of nitrogens with zero attached hydrogens (tertiary/aromatic N) is 1. The van der Waals surface area contributed by atoms with Gasteiger partial charge in [0.05, 0.1) is 0 Å². The maximum atomic E-state index is 10.5. The molecule has 0 amide bonds. The van der Waals surface area contributed by atoms with E-state index in [0.29, 0.717) is 23.3 Å². The molecule has 4 rings (SSSR count). The van der Waals surface area contributed by atoms with Gasteiger partial charge >= 0.3 is 0 Å². The van der Waals surface area contributed by atoms with E-state index >= 15 is 0 Å². The molecule has 0 saturated carbocycles. The van der Waals surface area contributed by atoms with Crippen LogP contribution in [0.15, 0.2) is 36.4 Å². The second kappa shape index (κ2) is 7.87. The summed E-state index contributed by atoms with van der Waals surface area (Å²) in [4.78, 5) is 2.45. The molecule has 2 heterocycles. The third-order valence-electron chi connectivity index (χ3n) is 5.27. The van der Waals surface area contributed by atoms with Crippen molar-refractivity contribution < 1.29 is 9.84 Å². The van der Waals surface area contributed by atoms with Gasteiger partial charge in [0.2, 0.25) is 0 Å². The second-order valence-corrected chi connectivity index (χ2v) is 7.73. The van der Waals surface area contributed by atoms with E-state index in [2.05, 4.69) is 16.3 Å². The molecule has 0 aliphatic carbocycles. The topological polar surface area (TPSA) is 44.7 Å². The fourth-order valence-corrected chi connectivity index (χ4v) is 4.18. The summed E-state index contributed by atoms with van der Waals surface area (Å²) in [7, 11) is 0. The van der Waals surface area contributed by atoms with E-state index in [1.165, 1.54) is 12.8 Å². The van der Waals surface area contributed by atoms with Gasteiger partial charge in [0.15, 0.2) is 11.5 Å². The summed E-state index contributed by atoms with van der Waals surface area (Å²) in [5.41, 5.74) is 3.01. The fourth-order valence-electron chi connectivity index (χ4n) is 3.99. The standard InChI is InChI=1S/C21H25ClN2O2/c22-19-5-1-4-16(10-19)17-9-18-14-24(13-15-3-2-6-23-12-15)7-8-26-21(18)20(25)11-17/h1,4-5,9-11,15,23,25H,2-3,6-8,12-14H2. The average molecular weight is 373 g/mol. The first-order valence-electron chi connectivity index (χ1n) is 9.37. The SMILES string of the molecule is Oc1cc(-c2cccc(Cl)c2)cc2c1OCCN(CC1CCCNC1)C2. The molecule has 2 aliphatic heterocycles. The van der Waals surface area contributed by atoms with Gasteiger partial charge in [0.1, 0.15) is 6.61 Å². The zero-order valence-electron chi connectivity index (χ0n) is 14.9. The van der Waals surface area contributed by atoms with Crippen molar-refractivity contribution in [3.05, 3.63) is 47.0 Å². The summed E-state index contributed by atoms with van der Waals surface area (Å²) < 4.78 is 5.88. The van der Waals surface area contributed by atoms with Crippen LogP contribution >= 0.6 is 11.6 Å². The lowest BCUT2D eigenvalue weighted by Gasteiger charge is -2.29. The maximum Gasteiger partial charge on any atom is 0.165 e. The van der Waals surface area contributed by atoms with Crippen LogP contribution in [0.3, 0.4) is 0 Å². The molecule has 0 aromatic heterocycles. The zero-order chi connectivity index (χ0) is 17.9. The minimum atomic E-state index is 0.207. The van der Waals surface area contributed by atoms with Crippen LogP contribution in [0.4, 0.5) is 0 Å². The van der Waals surface area contributed by atoms with Crippen LogP contribution in [-0.2, 0) is 6.54 Å². The van der Waals surface area contributed by atoms with Gasteiger partial charge in [-0.2, -0.15) is 0 Å². The van der Waals surface area contributed by atoms with Crippen molar-refractivity contribution in [2.24, 2.45) is 5.92 Å². The summed E-state index contributed by atoms with van der Waals surface area (Å²) >= 11 is 6.13. The number of phenols is 1. The molecule has 2 aliphatic rings. The lowest BCUT2D eigenvalue weighted by Crippen LogP contribution is -2.38. The number of halogens is 1.